The number of fused-ring (bicyclic) bond motifs is 1. The third kappa shape index (κ3) is 2.96. The van der Waals surface area contributed by atoms with Crippen LogP contribution in [0.4, 0.5) is 11.7 Å². The second-order valence-corrected chi connectivity index (χ2v) is 8.35. The Labute approximate surface area is 176 Å². The lowest BCUT2D eigenvalue weighted by molar-refractivity contribution is -0.138. The molecule has 0 bridgehead atoms. The highest BCUT2D eigenvalue weighted by Crippen LogP contribution is 2.40. The van der Waals surface area contributed by atoms with E-state index in [2.05, 4.69) is 14.9 Å². The highest BCUT2D eigenvalue weighted by molar-refractivity contribution is 5.91. The number of oxazole rings is 1. The number of anilines is 2. The predicted octanol–water partition coefficient (Wildman–Crippen LogP) is 3.48. The van der Waals surface area contributed by atoms with Crippen molar-refractivity contribution >= 4 is 39.8 Å². The molecule has 1 aliphatic carbocycles. The van der Waals surface area contributed by atoms with E-state index in [1.54, 1.807) is 0 Å². The summed E-state index contributed by atoms with van der Waals surface area (Å²) in [4.78, 5) is 20.8. The van der Waals surface area contributed by atoms with Crippen LogP contribution >= 0.6 is 0 Å². The van der Waals surface area contributed by atoms with E-state index >= 15 is 0 Å². The van der Waals surface area contributed by atoms with Gasteiger partial charge in [-0.1, -0.05) is 0 Å². The number of nitrogen functional groups attached to an aromatic ring is 1. The molecule has 1 unspecified atom stereocenters. The molecule has 2 aromatic heterocycles. The summed E-state index contributed by atoms with van der Waals surface area (Å²) >= 11 is 0. The molecule has 1 fully saturated rings. The minimum Gasteiger partial charge on any atom is -0.487 e. The van der Waals surface area contributed by atoms with Crippen LogP contribution in [0.5, 0.6) is 5.75 Å². The van der Waals surface area contributed by atoms with Crippen LogP contribution in [0.25, 0.3) is 33.5 Å². The molecule has 9 nitrogen and oxygen atoms in total. The number of hydrogen-bond acceptors (Lipinski definition) is 7. The maximum absolute atomic E-state index is 11.7. The lowest BCUT2D eigenvalue weighted by atomic mass is 10.1. The molecule has 4 aromatic rings. The number of carboxylic acids is 1. The number of imidazole rings is 1. The molecule has 9 heteroatoms. The molecule has 0 radical (unpaired) electrons. The molecular weight excluding hydrogens is 398 g/mol. The van der Waals surface area contributed by atoms with Gasteiger partial charge in [0.15, 0.2) is 5.58 Å². The van der Waals surface area contributed by atoms with Gasteiger partial charge in [-0.15, -0.1) is 0 Å². The minimum atomic E-state index is -0.836. The first-order valence-corrected chi connectivity index (χ1v) is 10.3. The number of rotatable bonds is 5. The van der Waals surface area contributed by atoms with Gasteiger partial charge in [0.25, 0.3) is 6.01 Å². The summed E-state index contributed by atoms with van der Waals surface area (Å²) in [5, 5.41) is 12.8. The molecule has 158 valence electrons. The van der Waals surface area contributed by atoms with Crippen LogP contribution in [-0.2, 0) is 11.3 Å². The topological polar surface area (TPSA) is 128 Å². The Kier molecular flexibility index (Phi) is 3.71. The number of carbonyl (C=O) groups is 1. The maximum Gasteiger partial charge on any atom is 0.326 e. The fourth-order valence-electron chi connectivity index (χ4n) is 4.39. The van der Waals surface area contributed by atoms with Gasteiger partial charge in [-0.05, 0) is 49.9 Å². The van der Waals surface area contributed by atoms with Gasteiger partial charge in [-0.25, -0.2) is 9.78 Å². The molecule has 1 saturated carbocycles. The summed E-state index contributed by atoms with van der Waals surface area (Å²) in [6, 6.07) is 8.97. The van der Waals surface area contributed by atoms with Crippen LogP contribution in [-0.4, -0.2) is 37.8 Å². The molecule has 2 atom stereocenters. The Morgan fingerprint density at radius 3 is 2.87 bits per heavy atom. The standard InChI is InChI=1S/C22H21N5O4/c1-10-9-27-19-15(25-20(27)12-4-5-16-14(6-12)26-22(23)31-16)7-13(8-17(19)30-10)24-18(21(28)29)11-2-3-11/h4-8,10-11,18,24H,2-3,9H2,1H3,(H2,23,26)(H,28,29)/t10-,18?/m1/s1. The van der Waals surface area contributed by atoms with Gasteiger partial charge in [0.2, 0.25) is 0 Å². The molecule has 1 aliphatic heterocycles. The molecule has 31 heavy (non-hydrogen) atoms. The molecule has 2 aliphatic rings. The lowest BCUT2D eigenvalue weighted by Crippen LogP contribution is -2.31. The lowest BCUT2D eigenvalue weighted by Gasteiger charge is -2.25. The molecule has 0 amide bonds. The average molecular weight is 419 g/mol. The summed E-state index contributed by atoms with van der Waals surface area (Å²) in [6.07, 6.45) is 1.81. The van der Waals surface area contributed by atoms with Crippen molar-refractivity contribution in [3.8, 4) is 17.1 Å². The largest absolute Gasteiger partial charge is 0.487 e. The number of hydrogen-bond donors (Lipinski definition) is 3. The van der Waals surface area contributed by atoms with Crippen LogP contribution < -0.4 is 15.8 Å². The summed E-state index contributed by atoms with van der Waals surface area (Å²) in [6.45, 7) is 2.66. The smallest absolute Gasteiger partial charge is 0.326 e. The van der Waals surface area contributed by atoms with E-state index in [4.69, 9.17) is 19.9 Å². The van der Waals surface area contributed by atoms with Gasteiger partial charge in [0, 0.05) is 17.3 Å². The highest BCUT2D eigenvalue weighted by atomic mass is 16.5. The van der Waals surface area contributed by atoms with Gasteiger partial charge in [-0.3, -0.25) is 0 Å². The van der Waals surface area contributed by atoms with E-state index in [9.17, 15) is 9.90 Å². The van der Waals surface area contributed by atoms with Crippen molar-refractivity contribution in [2.24, 2.45) is 5.92 Å². The Morgan fingerprint density at radius 1 is 1.26 bits per heavy atom. The Balaban J connectivity index is 1.48. The maximum atomic E-state index is 11.7. The summed E-state index contributed by atoms with van der Waals surface area (Å²) in [5.74, 6) is 0.823. The third-order valence-electron chi connectivity index (χ3n) is 5.92. The molecule has 3 heterocycles. The molecule has 0 saturated heterocycles. The van der Waals surface area contributed by atoms with Gasteiger partial charge in [-0.2, -0.15) is 4.98 Å². The summed E-state index contributed by atoms with van der Waals surface area (Å²) in [7, 11) is 0. The number of carboxylic acid groups (broad SMARTS) is 1. The summed E-state index contributed by atoms with van der Waals surface area (Å²) < 4.78 is 13.6. The molecule has 6 rings (SSSR count). The van der Waals surface area contributed by atoms with Crippen LogP contribution in [0.2, 0.25) is 0 Å². The zero-order valence-corrected chi connectivity index (χ0v) is 16.8. The van der Waals surface area contributed by atoms with Crippen LogP contribution in [0.1, 0.15) is 19.8 Å². The van der Waals surface area contributed by atoms with E-state index in [0.717, 1.165) is 35.3 Å². The molecular formula is C22H21N5O4. The van der Waals surface area contributed by atoms with Gasteiger partial charge in [0.1, 0.15) is 34.8 Å². The number of nitrogens with one attached hydrogen (secondary N) is 1. The van der Waals surface area contributed by atoms with E-state index in [1.807, 2.05) is 37.3 Å². The van der Waals surface area contributed by atoms with Gasteiger partial charge >= 0.3 is 5.97 Å². The molecule has 2 aromatic carbocycles. The fraction of sp³-hybridized carbons (Fsp3) is 0.318. The van der Waals surface area contributed by atoms with Crippen molar-refractivity contribution in [1.29, 1.82) is 0 Å². The predicted molar refractivity (Wildman–Crippen MR) is 115 cm³/mol. The monoisotopic (exact) mass is 419 g/mol. The second kappa shape index (κ2) is 6.37. The van der Waals surface area contributed by atoms with Gasteiger partial charge in [0.05, 0.1) is 12.1 Å². The SMILES string of the molecule is C[C@@H]1Cn2c(-c3ccc4oc(N)nc4c3)nc3cc(NC(C(=O)O)C4CC4)cc(c32)O1. The Morgan fingerprint density at radius 2 is 2.10 bits per heavy atom. The van der Waals surface area contributed by atoms with E-state index < -0.39 is 12.0 Å². The number of benzene rings is 2. The first-order valence-electron chi connectivity index (χ1n) is 10.3. The van der Waals surface area contributed by atoms with Gasteiger partial charge < -0.3 is 29.9 Å². The zero-order valence-electron chi connectivity index (χ0n) is 16.8. The second-order valence-electron chi connectivity index (χ2n) is 8.35. The van der Waals surface area contributed by atoms with Crippen LogP contribution in [0.15, 0.2) is 34.7 Å². The fourth-order valence-corrected chi connectivity index (χ4v) is 4.39. The third-order valence-corrected chi connectivity index (χ3v) is 5.92. The van der Waals surface area contributed by atoms with Crippen molar-refractivity contribution in [1.82, 2.24) is 14.5 Å². The number of ether oxygens (including phenoxy) is 1. The van der Waals surface area contributed by atoms with E-state index in [0.29, 0.717) is 29.1 Å². The summed E-state index contributed by atoms with van der Waals surface area (Å²) in [5.41, 5.74) is 10.2. The number of nitrogens with two attached hydrogens (primary N) is 1. The zero-order chi connectivity index (χ0) is 21.3. The van der Waals surface area contributed by atoms with Crippen LogP contribution in [0.3, 0.4) is 0 Å². The van der Waals surface area contributed by atoms with Crippen LogP contribution in [0, 0.1) is 5.92 Å². The number of aromatic nitrogens is 3. The van der Waals surface area contributed by atoms with E-state index in [-0.39, 0.29) is 18.0 Å². The average Bonchev–Trinajstić information content (AvgIpc) is 3.39. The Hall–Kier alpha value is -3.75. The normalized spacial score (nSPS) is 18.8. The number of aliphatic carboxylic acids is 1. The van der Waals surface area contributed by atoms with Crippen molar-refractivity contribution in [3.63, 3.8) is 0 Å². The van der Waals surface area contributed by atoms with E-state index in [1.165, 1.54) is 0 Å². The van der Waals surface area contributed by atoms with Crippen molar-refractivity contribution < 1.29 is 19.1 Å². The minimum absolute atomic E-state index is 0.0518. The molecule has 4 N–H and O–H groups in total. The molecule has 0 spiro atoms. The quantitative estimate of drug-likeness (QED) is 0.448. The number of nitrogens with zero attached hydrogens (tertiary/aromatic N) is 3. The van der Waals surface area contributed by atoms with Crippen molar-refractivity contribution in [2.75, 3.05) is 11.1 Å². The first-order chi connectivity index (χ1) is 15.0. The van der Waals surface area contributed by atoms with Crippen molar-refractivity contribution in [2.45, 2.75) is 38.5 Å². The Bertz CT molecular complexity index is 1350. The van der Waals surface area contributed by atoms with Crippen molar-refractivity contribution in [3.05, 3.63) is 30.3 Å². The first kappa shape index (κ1) is 18.1. The highest BCUT2D eigenvalue weighted by Gasteiger charge is 2.36.